The number of hydrogen-bond donors (Lipinski definition) is 1. The van der Waals surface area contributed by atoms with Crippen molar-refractivity contribution in [2.45, 2.75) is 39.7 Å². The Morgan fingerprint density at radius 1 is 1.11 bits per heavy atom. The van der Waals surface area contributed by atoms with E-state index in [2.05, 4.69) is 26.1 Å². The third-order valence-electron chi connectivity index (χ3n) is 2.97. The molecule has 0 aliphatic heterocycles. The number of nitrogens with one attached hydrogen (secondary N) is 1. The highest BCUT2D eigenvalue weighted by Gasteiger charge is 2.21. The molecular formula is C14H20F3N. The van der Waals surface area contributed by atoms with Gasteiger partial charge in [-0.25, -0.2) is 13.2 Å². The van der Waals surface area contributed by atoms with Crippen LogP contribution in [0.4, 0.5) is 13.2 Å². The van der Waals surface area contributed by atoms with Crippen molar-refractivity contribution in [3.8, 4) is 0 Å². The molecule has 0 bridgehead atoms. The van der Waals surface area contributed by atoms with Crippen LogP contribution in [0.15, 0.2) is 12.1 Å². The molecule has 0 fully saturated rings. The van der Waals surface area contributed by atoms with Crippen molar-refractivity contribution in [2.75, 3.05) is 7.05 Å². The standard InChI is InChI=1S/C14H20F3N/c1-14(2,3)8-7-11(18-4)9-5-6-10(15)13(17)12(9)16/h5-6,11,18H,7-8H2,1-4H3. The van der Waals surface area contributed by atoms with Gasteiger partial charge < -0.3 is 5.32 Å². The highest BCUT2D eigenvalue weighted by Crippen LogP contribution is 2.29. The fraction of sp³-hybridized carbons (Fsp3) is 0.571. The highest BCUT2D eigenvalue weighted by atomic mass is 19.2. The van der Waals surface area contributed by atoms with E-state index in [9.17, 15) is 13.2 Å². The second-order valence-electron chi connectivity index (χ2n) is 5.71. The van der Waals surface area contributed by atoms with Crippen molar-refractivity contribution in [3.63, 3.8) is 0 Å². The van der Waals surface area contributed by atoms with Gasteiger partial charge in [-0.15, -0.1) is 0 Å². The van der Waals surface area contributed by atoms with E-state index in [1.807, 2.05) is 0 Å². The lowest BCUT2D eigenvalue weighted by molar-refractivity contribution is 0.332. The van der Waals surface area contributed by atoms with Crippen molar-refractivity contribution in [1.82, 2.24) is 5.32 Å². The van der Waals surface area contributed by atoms with Crippen LogP contribution in [0.3, 0.4) is 0 Å². The molecule has 102 valence electrons. The van der Waals surface area contributed by atoms with Gasteiger partial charge in [-0.3, -0.25) is 0 Å². The zero-order valence-corrected chi connectivity index (χ0v) is 11.3. The predicted octanol–water partition coefficient (Wildman–Crippen LogP) is 4.19. The second-order valence-corrected chi connectivity index (χ2v) is 5.71. The third kappa shape index (κ3) is 3.73. The van der Waals surface area contributed by atoms with Gasteiger partial charge in [-0.2, -0.15) is 0 Å². The fourth-order valence-corrected chi connectivity index (χ4v) is 1.84. The Hall–Kier alpha value is -1.03. The first-order valence-corrected chi connectivity index (χ1v) is 6.07. The average molecular weight is 259 g/mol. The lowest BCUT2D eigenvalue weighted by Gasteiger charge is -2.23. The molecule has 1 rings (SSSR count). The highest BCUT2D eigenvalue weighted by molar-refractivity contribution is 5.23. The number of rotatable bonds is 4. The van der Waals surface area contributed by atoms with Gasteiger partial charge in [0.05, 0.1) is 0 Å². The smallest absolute Gasteiger partial charge is 0.194 e. The molecule has 0 spiro atoms. The molecule has 0 saturated heterocycles. The molecule has 1 N–H and O–H groups in total. The van der Waals surface area contributed by atoms with Gasteiger partial charge in [0, 0.05) is 11.6 Å². The van der Waals surface area contributed by atoms with Gasteiger partial charge in [-0.1, -0.05) is 26.8 Å². The van der Waals surface area contributed by atoms with E-state index in [1.54, 1.807) is 7.05 Å². The Morgan fingerprint density at radius 3 is 2.22 bits per heavy atom. The molecule has 1 atom stereocenters. The van der Waals surface area contributed by atoms with Gasteiger partial charge in [0.2, 0.25) is 0 Å². The van der Waals surface area contributed by atoms with Crippen LogP contribution in [0.2, 0.25) is 0 Å². The van der Waals surface area contributed by atoms with Gasteiger partial charge in [0.15, 0.2) is 17.5 Å². The summed E-state index contributed by atoms with van der Waals surface area (Å²) in [6, 6.07) is 1.96. The van der Waals surface area contributed by atoms with Crippen LogP contribution < -0.4 is 5.32 Å². The van der Waals surface area contributed by atoms with E-state index >= 15 is 0 Å². The van der Waals surface area contributed by atoms with Crippen molar-refractivity contribution in [1.29, 1.82) is 0 Å². The van der Waals surface area contributed by atoms with Gasteiger partial charge in [0.25, 0.3) is 0 Å². The molecule has 4 heteroatoms. The summed E-state index contributed by atoms with van der Waals surface area (Å²) in [6.07, 6.45) is 1.53. The SMILES string of the molecule is CNC(CCC(C)(C)C)c1ccc(F)c(F)c1F. The zero-order chi connectivity index (χ0) is 13.9. The number of hydrogen-bond acceptors (Lipinski definition) is 1. The van der Waals surface area contributed by atoms with E-state index in [4.69, 9.17) is 0 Å². The molecule has 0 aromatic heterocycles. The summed E-state index contributed by atoms with van der Waals surface area (Å²) in [6.45, 7) is 6.25. The molecule has 1 nitrogen and oxygen atoms in total. The summed E-state index contributed by atoms with van der Waals surface area (Å²) in [5.41, 5.74) is 0.296. The fourth-order valence-electron chi connectivity index (χ4n) is 1.84. The summed E-state index contributed by atoms with van der Waals surface area (Å²) in [7, 11) is 1.69. The first-order chi connectivity index (χ1) is 8.26. The molecule has 0 amide bonds. The summed E-state index contributed by atoms with van der Waals surface area (Å²) < 4.78 is 39.7. The van der Waals surface area contributed by atoms with E-state index in [1.165, 1.54) is 6.07 Å². The van der Waals surface area contributed by atoms with Crippen LogP contribution in [0.1, 0.15) is 45.2 Å². The molecule has 0 saturated carbocycles. The Balaban J connectivity index is 2.92. The number of benzene rings is 1. The first kappa shape index (κ1) is 15.0. The zero-order valence-electron chi connectivity index (χ0n) is 11.3. The molecule has 0 aliphatic carbocycles. The minimum absolute atomic E-state index is 0.115. The number of halogens is 3. The minimum atomic E-state index is -1.40. The molecule has 0 radical (unpaired) electrons. The van der Waals surface area contributed by atoms with Crippen molar-refractivity contribution in [2.24, 2.45) is 5.41 Å². The third-order valence-corrected chi connectivity index (χ3v) is 2.97. The normalized spacial score (nSPS) is 13.7. The summed E-state index contributed by atoms with van der Waals surface area (Å²) in [5, 5.41) is 2.95. The lowest BCUT2D eigenvalue weighted by atomic mass is 9.87. The Morgan fingerprint density at radius 2 is 1.72 bits per heavy atom. The molecule has 1 unspecified atom stereocenters. The van der Waals surface area contributed by atoms with Crippen molar-refractivity contribution < 1.29 is 13.2 Å². The Bertz CT molecular complexity index is 410. The molecule has 1 aromatic rings. The predicted molar refractivity (Wildman–Crippen MR) is 66.8 cm³/mol. The van der Waals surface area contributed by atoms with Gasteiger partial charge in [0.1, 0.15) is 0 Å². The van der Waals surface area contributed by atoms with Gasteiger partial charge >= 0.3 is 0 Å². The topological polar surface area (TPSA) is 12.0 Å². The second kappa shape index (κ2) is 5.74. The first-order valence-electron chi connectivity index (χ1n) is 6.07. The average Bonchev–Trinajstić information content (AvgIpc) is 2.28. The Kier molecular flexibility index (Phi) is 4.79. The quantitative estimate of drug-likeness (QED) is 0.799. The van der Waals surface area contributed by atoms with Crippen LogP contribution in [-0.2, 0) is 0 Å². The summed E-state index contributed by atoms with van der Waals surface area (Å²) >= 11 is 0. The molecular weight excluding hydrogens is 239 g/mol. The lowest BCUT2D eigenvalue weighted by Crippen LogP contribution is -2.20. The molecule has 0 aliphatic rings. The maximum Gasteiger partial charge on any atom is 0.194 e. The van der Waals surface area contributed by atoms with Crippen LogP contribution in [0, 0.1) is 22.9 Å². The maximum absolute atomic E-state index is 13.7. The van der Waals surface area contributed by atoms with Crippen molar-refractivity contribution in [3.05, 3.63) is 35.1 Å². The molecule has 18 heavy (non-hydrogen) atoms. The maximum atomic E-state index is 13.7. The van der Waals surface area contributed by atoms with Crippen molar-refractivity contribution >= 4 is 0 Å². The van der Waals surface area contributed by atoms with E-state index in [-0.39, 0.29) is 17.0 Å². The van der Waals surface area contributed by atoms with Gasteiger partial charge in [-0.05, 0) is 31.4 Å². The molecule has 1 aromatic carbocycles. The van der Waals surface area contributed by atoms with Crippen LogP contribution in [-0.4, -0.2) is 7.05 Å². The van der Waals surface area contributed by atoms with Crippen LogP contribution in [0.5, 0.6) is 0 Å². The van der Waals surface area contributed by atoms with E-state index < -0.39 is 17.5 Å². The summed E-state index contributed by atoms with van der Waals surface area (Å²) in [5.74, 6) is -3.64. The van der Waals surface area contributed by atoms with E-state index in [0.717, 1.165) is 12.5 Å². The Labute approximate surface area is 106 Å². The van der Waals surface area contributed by atoms with Crippen LogP contribution >= 0.6 is 0 Å². The monoisotopic (exact) mass is 259 g/mol. The molecule has 0 heterocycles. The largest absolute Gasteiger partial charge is 0.313 e. The summed E-state index contributed by atoms with van der Waals surface area (Å²) in [4.78, 5) is 0. The van der Waals surface area contributed by atoms with Crippen LogP contribution in [0.25, 0.3) is 0 Å². The minimum Gasteiger partial charge on any atom is -0.313 e. The van der Waals surface area contributed by atoms with E-state index in [0.29, 0.717) is 6.42 Å².